The van der Waals surface area contributed by atoms with Gasteiger partial charge in [-0.2, -0.15) is 0 Å². The summed E-state index contributed by atoms with van der Waals surface area (Å²) in [7, 11) is -3.47. The van der Waals surface area contributed by atoms with Crippen molar-refractivity contribution in [2.45, 2.75) is 31.6 Å². The monoisotopic (exact) mass is 415 g/mol. The van der Waals surface area contributed by atoms with E-state index in [1.165, 1.54) is 4.70 Å². The molecular weight excluding hydrogens is 390 g/mol. The summed E-state index contributed by atoms with van der Waals surface area (Å²) in [5, 5.41) is 1.07. The molecule has 1 aliphatic heterocycles. The number of hydrogen-bond donors (Lipinski definition) is 1. The van der Waals surface area contributed by atoms with Gasteiger partial charge in [0, 0.05) is 19.6 Å². The van der Waals surface area contributed by atoms with Gasteiger partial charge in [-0.15, -0.1) is 0 Å². The van der Waals surface area contributed by atoms with E-state index in [9.17, 15) is 8.42 Å². The summed E-state index contributed by atoms with van der Waals surface area (Å²) in [6.45, 7) is 6.06. The maximum atomic E-state index is 12.7. The number of rotatable bonds is 5. The molecule has 2 heterocycles. The van der Waals surface area contributed by atoms with Crippen LogP contribution in [0, 0.1) is 19.8 Å². The second kappa shape index (κ2) is 7.81. The largest absolute Gasteiger partial charge is 0.348 e. The lowest BCUT2D eigenvalue weighted by Gasteiger charge is -2.31. The molecule has 1 saturated heterocycles. The summed E-state index contributed by atoms with van der Waals surface area (Å²) in [5.41, 5.74) is 2.78. The van der Waals surface area contributed by atoms with Crippen molar-refractivity contribution in [3.05, 3.63) is 53.6 Å². The lowest BCUT2D eigenvalue weighted by molar-refractivity contribution is 0.402. The van der Waals surface area contributed by atoms with Crippen LogP contribution in [0.3, 0.4) is 0 Å². The van der Waals surface area contributed by atoms with Gasteiger partial charge in [0.1, 0.15) is 0 Å². The van der Waals surface area contributed by atoms with E-state index in [1.54, 1.807) is 17.4 Å². The van der Waals surface area contributed by atoms with Gasteiger partial charge in [-0.25, -0.2) is 18.1 Å². The molecule has 0 radical (unpaired) electrons. The molecule has 0 saturated carbocycles. The van der Waals surface area contributed by atoms with Crippen LogP contribution in [-0.2, 0) is 10.0 Å². The topological polar surface area (TPSA) is 62.3 Å². The molecular formula is C21H25N3O2S2. The highest BCUT2D eigenvalue weighted by Crippen LogP contribution is 2.31. The minimum atomic E-state index is -3.47. The van der Waals surface area contributed by atoms with E-state index in [4.69, 9.17) is 4.98 Å². The first-order valence-corrected chi connectivity index (χ1v) is 11.9. The molecule has 0 amide bonds. The Morgan fingerprint density at radius 2 is 1.89 bits per heavy atom. The van der Waals surface area contributed by atoms with Crippen LogP contribution in [0.1, 0.15) is 24.0 Å². The van der Waals surface area contributed by atoms with Gasteiger partial charge in [-0.05, 0) is 61.9 Å². The van der Waals surface area contributed by atoms with E-state index >= 15 is 0 Å². The number of thiazole rings is 1. The quantitative estimate of drug-likeness (QED) is 0.681. The number of piperidine rings is 1. The van der Waals surface area contributed by atoms with Crippen molar-refractivity contribution in [2.24, 2.45) is 5.92 Å². The first-order chi connectivity index (χ1) is 13.4. The van der Waals surface area contributed by atoms with Crippen molar-refractivity contribution in [3.63, 3.8) is 0 Å². The Morgan fingerprint density at radius 3 is 2.64 bits per heavy atom. The van der Waals surface area contributed by atoms with Crippen molar-refractivity contribution in [1.29, 1.82) is 0 Å². The number of fused-ring (bicyclic) bond motifs is 1. The lowest BCUT2D eigenvalue weighted by Crippen LogP contribution is -2.38. The van der Waals surface area contributed by atoms with Crippen LogP contribution in [-0.4, -0.2) is 33.0 Å². The first-order valence-electron chi connectivity index (χ1n) is 9.60. The second-order valence-corrected chi connectivity index (χ2v) is 10.3. The minimum Gasteiger partial charge on any atom is -0.348 e. The molecule has 0 spiro atoms. The average Bonchev–Trinajstić information content (AvgIpc) is 3.13. The Balaban J connectivity index is 1.36. The van der Waals surface area contributed by atoms with Gasteiger partial charge in [0.2, 0.25) is 10.0 Å². The third-order valence-electron chi connectivity index (χ3n) is 5.36. The Hall–Kier alpha value is -1.96. The predicted octanol–water partition coefficient (Wildman–Crippen LogP) is 4.11. The number of anilines is 1. The van der Waals surface area contributed by atoms with Crippen molar-refractivity contribution in [1.82, 2.24) is 9.71 Å². The van der Waals surface area contributed by atoms with Crippen LogP contribution in [0.2, 0.25) is 0 Å². The summed E-state index contributed by atoms with van der Waals surface area (Å²) in [5.74, 6) is 0.352. The van der Waals surface area contributed by atoms with Crippen LogP contribution in [0.15, 0.2) is 47.4 Å². The van der Waals surface area contributed by atoms with Gasteiger partial charge in [0.05, 0.1) is 15.1 Å². The average molecular weight is 416 g/mol. The third kappa shape index (κ3) is 4.06. The molecule has 28 heavy (non-hydrogen) atoms. The van der Waals surface area contributed by atoms with Crippen LogP contribution in [0.25, 0.3) is 10.2 Å². The predicted molar refractivity (Wildman–Crippen MR) is 116 cm³/mol. The van der Waals surface area contributed by atoms with E-state index in [-0.39, 0.29) is 0 Å². The standard InChI is InChI=1S/C21H25N3O2S2/c1-15-7-8-16(2)20(13-15)28(25,26)22-14-17-9-11-24(12-10-17)21-23-18-5-3-4-6-19(18)27-21/h3-8,13,17,22H,9-12,14H2,1-2H3. The van der Waals surface area contributed by atoms with Crippen LogP contribution >= 0.6 is 11.3 Å². The Kier molecular flexibility index (Phi) is 5.40. The fourth-order valence-corrected chi connectivity index (χ4v) is 6.09. The maximum absolute atomic E-state index is 12.7. The highest BCUT2D eigenvalue weighted by molar-refractivity contribution is 7.89. The van der Waals surface area contributed by atoms with Gasteiger partial charge in [-0.1, -0.05) is 35.6 Å². The number of benzene rings is 2. The van der Waals surface area contributed by atoms with Crippen molar-refractivity contribution < 1.29 is 8.42 Å². The van der Waals surface area contributed by atoms with Crippen LogP contribution < -0.4 is 9.62 Å². The molecule has 0 unspecified atom stereocenters. The van der Waals surface area contributed by atoms with E-state index in [0.717, 1.165) is 47.7 Å². The summed E-state index contributed by atoms with van der Waals surface area (Å²) in [6.07, 6.45) is 1.93. The molecule has 3 aromatic rings. The molecule has 1 aliphatic rings. The Morgan fingerprint density at radius 1 is 1.14 bits per heavy atom. The van der Waals surface area contributed by atoms with E-state index in [0.29, 0.717) is 17.4 Å². The summed E-state index contributed by atoms with van der Waals surface area (Å²) in [6, 6.07) is 13.7. The molecule has 7 heteroatoms. The smallest absolute Gasteiger partial charge is 0.240 e. The van der Waals surface area contributed by atoms with Crippen molar-refractivity contribution in [2.75, 3.05) is 24.5 Å². The van der Waals surface area contributed by atoms with E-state index in [1.807, 2.05) is 44.2 Å². The zero-order chi connectivity index (χ0) is 19.7. The zero-order valence-electron chi connectivity index (χ0n) is 16.2. The third-order valence-corrected chi connectivity index (χ3v) is 8.03. The first kappa shape index (κ1) is 19.4. The minimum absolute atomic E-state index is 0.352. The number of para-hydroxylation sites is 1. The van der Waals surface area contributed by atoms with Crippen LogP contribution in [0.4, 0.5) is 5.13 Å². The lowest BCUT2D eigenvalue weighted by atomic mass is 9.97. The molecule has 4 rings (SSSR count). The van der Waals surface area contributed by atoms with E-state index in [2.05, 4.69) is 15.7 Å². The molecule has 1 N–H and O–H groups in total. The SMILES string of the molecule is Cc1ccc(C)c(S(=O)(=O)NCC2CCN(c3nc4ccccc4s3)CC2)c1. The molecule has 1 aromatic heterocycles. The summed E-state index contributed by atoms with van der Waals surface area (Å²) < 4.78 is 29.4. The van der Waals surface area contributed by atoms with E-state index < -0.39 is 10.0 Å². The number of nitrogens with one attached hydrogen (secondary N) is 1. The van der Waals surface area contributed by atoms with Gasteiger partial charge in [-0.3, -0.25) is 0 Å². The van der Waals surface area contributed by atoms with Gasteiger partial charge in [0.15, 0.2) is 5.13 Å². The normalized spacial score (nSPS) is 16.0. The van der Waals surface area contributed by atoms with Gasteiger partial charge < -0.3 is 4.90 Å². The second-order valence-electron chi connectivity index (χ2n) is 7.52. The highest BCUT2D eigenvalue weighted by atomic mass is 32.2. The molecule has 5 nitrogen and oxygen atoms in total. The summed E-state index contributed by atoms with van der Waals surface area (Å²) >= 11 is 1.73. The highest BCUT2D eigenvalue weighted by Gasteiger charge is 2.24. The fraction of sp³-hybridized carbons (Fsp3) is 0.381. The number of nitrogens with zero attached hydrogens (tertiary/aromatic N) is 2. The number of hydrogen-bond acceptors (Lipinski definition) is 5. The molecule has 1 fully saturated rings. The molecule has 148 valence electrons. The van der Waals surface area contributed by atoms with Gasteiger partial charge in [0.25, 0.3) is 0 Å². The number of aryl methyl sites for hydroxylation is 2. The van der Waals surface area contributed by atoms with Crippen LogP contribution in [0.5, 0.6) is 0 Å². The number of sulfonamides is 1. The number of aromatic nitrogens is 1. The zero-order valence-corrected chi connectivity index (χ0v) is 17.8. The Labute approximate surface area is 170 Å². The Bertz CT molecular complexity index is 1050. The summed E-state index contributed by atoms with van der Waals surface area (Å²) in [4.78, 5) is 7.45. The van der Waals surface area contributed by atoms with Gasteiger partial charge >= 0.3 is 0 Å². The van der Waals surface area contributed by atoms with Crippen molar-refractivity contribution >= 4 is 36.7 Å². The maximum Gasteiger partial charge on any atom is 0.240 e. The molecule has 0 bridgehead atoms. The molecule has 0 atom stereocenters. The fourth-order valence-electron chi connectivity index (χ4n) is 3.63. The molecule has 0 aliphatic carbocycles. The van der Waals surface area contributed by atoms with Crippen molar-refractivity contribution in [3.8, 4) is 0 Å². The molecule has 2 aromatic carbocycles.